The second-order valence-corrected chi connectivity index (χ2v) is 4.99. The van der Waals surface area contributed by atoms with Crippen LogP contribution in [0.25, 0.3) is 10.9 Å². The van der Waals surface area contributed by atoms with Crippen molar-refractivity contribution in [3.63, 3.8) is 0 Å². The van der Waals surface area contributed by atoms with Crippen LogP contribution in [0.2, 0.25) is 0 Å². The van der Waals surface area contributed by atoms with Gasteiger partial charge in [0, 0.05) is 12.2 Å². The van der Waals surface area contributed by atoms with Crippen molar-refractivity contribution in [3.8, 4) is 0 Å². The zero-order valence-electron chi connectivity index (χ0n) is 10.7. The maximum absolute atomic E-state index is 13.8. The predicted octanol–water partition coefficient (Wildman–Crippen LogP) is 1.48. The van der Waals surface area contributed by atoms with Crippen LogP contribution in [0.1, 0.15) is 29.2 Å². The fourth-order valence-corrected chi connectivity index (χ4v) is 2.40. The lowest BCUT2D eigenvalue weighted by atomic mass is 10.1. The second kappa shape index (κ2) is 4.18. The third-order valence-corrected chi connectivity index (χ3v) is 3.60. The van der Waals surface area contributed by atoms with Gasteiger partial charge in [0.2, 0.25) is 5.43 Å². The number of anilines is 2. The van der Waals surface area contributed by atoms with Gasteiger partial charge >= 0.3 is 5.97 Å². The van der Waals surface area contributed by atoms with Gasteiger partial charge in [-0.15, -0.1) is 0 Å². The van der Waals surface area contributed by atoms with Gasteiger partial charge in [-0.2, -0.15) is 0 Å². The summed E-state index contributed by atoms with van der Waals surface area (Å²) in [6.07, 6.45) is 2.57. The smallest absolute Gasteiger partial charge is 0.341 e. The zero-order chi connectivity index (χ0) is 15.5. The number of hydrogen-bond acceptors (Lipinski definition) is 4. The Bertz CT molecular complexity index is 856. The normalized spacial score (nSPS) is 14.6. The number of aromatic carboxylic acids is 1. The van der Waals surface area contributed by atoms with Crippen LogP contribution >= 0.6 is 0 Å². The molecule has 0 atom stereocenters. The number of hydrogen-bond donors (Lipinski definition) is 3. The monoisotopic (exact) mass is 295 g/mol. The van der Waals surface area contributed by atoms with Crippen molar-refractivity contribution >= 4 is 28.2 Å². The first-order valence-corrected chi connectivity index (χ1v) is 6.18. The molecule has 110 valence electrons. The standard InChI is InChI=1S/C13H11F2N3O3/c14-7-8(15)10(17)11-6(9(7)16)12(19)5(13(20)21)3-18(11)4-1-2-4/h3-4H,1-2,16-17H2,(H,20,21). The lowest BCUT2D eigenvalue weighted by Gasteiger charge is -2.15. The molecule has 1 aliphatic rings. The summed E-state index contributed by atoms with van der Waals surface area (Å²) >= 11 is 0. The van der Waals surface area contributed by atoms with Crippen molar-refractivity contribution < 1.29 is 18.7 Å². The summed E-state index contributed by atoms with van der Waals surface area (Å²) in [5, 5.41) is 8.69. The summed E-state index contributed by atoms with van der Waals surface area (Å²) in [4.78, 5) is 23.3. The molecule has 5 N–H and O–H groups in total. The van der Waals surface area contributed by atoms with Gasteiger partial charge in [-0.3, -0.25) is 4.79 Å². The Kier molecular flexibility index (Phi) is 2.65. The van der Waals surface area contributed by atoms with Gasteiger partial charge in [0.1, 0.15) is 5.56 Å². The second-order valence-electron chi connectivity index (χ2n) is 4.99. The van der Waals surface area contributed by atoms with E-state index in [0.29, 0.717) is 0 Å². The quantitative estimate of drug-likeness (QED) is 0.726. The van der Waals surface area contributed by atoms with Crippen molar-refractivity contribution in [2.75, 3.05) is 11.5 Å². The van der Waals surface area contributed by atoms with E-state index in [-0.39, 0.29) is 11.6 Å². The molecule has 0 saturated heterocycles. The molecule has 0 radical (unpaired) electrons. The highest BCUT2D eigenvalue weighted by molar-refractivity contribution is 6.02. The van der Waals surface area contributed by atoms with Crippen LogP contribution in [-0.4, -0.2) is 15.6 Å². The van der Waals surface area contributed by atoms with E-state index in [0.717, 1.165) is 19.0 Å². The molecule has 1 aliphatic carbocycles. The average molecular weight is 295 g/mol. The molecule has 1 saturated carbocycles. The lowest BCUT2D eigenvalue weighted by molar-refractivity contribution is 0.0695. The van der Waals surface area contributed by atoms with Crippen molar-refractivity contribution in [2.45, 2.75) is 18.9 Å². The van der Waals surface area contributed by atoms with E-state index in [1.807, 2.05) is 0 Å². The number of nitrogens with zero attached hydrogens (tertiary/aromatic N) is 1. The maximum atomic E-state index is 13.8. The molecule has 0 aliphatic heterocycles. The summed E-state index contributed by atoms with van der Waals surface area (Å²) < 4.78 is 28.9. The van der Waals surface area contributed by atoms with Gasteiger partial charge in [0.15, 0.2) is 11.6 Å². The average Bonchev–Trinajstić information content (AvgIpc) is 3.26. The minimum atomic E-state index is -1.46. The molecule has 1 heterocycles. The Morgan fingerprint density at radius 1 is 1.24 bits per heavy atom. The Morgan fingerprint density at radius 3 is 2.33 bits per heavy atom. The molecule has 6 nitrogen and oxygen atoms in total. The van der Waals surface area contributed by atoms with E-state index in [1.165, 1.54) is 4.57 Å². The Hall–Kier alpha value is -2.64. The van der Waals surface area contributed by atoms with Gasteiger partial charge in [0.25, 0.3) is 0 Å². The highest BCUT2D eigenvalue weighted by Crippen LogP contribution is 2.40. The van der Waals surface area contributed by atoms with Gasteiger partial charge in [0.05, 0.1) is 22.3 Å². The van der Waals surface area contributed by atoms with Crippen molar-refractivity contribution in [1.29, 1.82) is 0 Å². The van der Waals surface area contributed by atoms with Crippen molar-refractivity contribution in [1.82, 2.24) is 4.57 Å². The summed E-state index contributed by atoms with van der Waals surface area (Å²) in [6, 6.07) is -0.0993. The highest BCUT2D eigenvalue weighted by atomic mass is 19.2. The molecule has 1 aromatic heterocycles. The third kappa shape index (κ3) is 1.75. The minimum absolute atomic E-state index is 0.0519. The number of carbonyl (C=O) groups is 1. The molecule has 0 bridgehead atoms. The Morgan fingerprint density at radius 2 is 1.81 bits per heavy atom. The number of carboxylic acid groups (broad SMARTS) is 1. The molecular weight excluding hydrogens is 284 g/mol. The number of pyridine rings is 1. The fourth-order valence-electron chi connectivity index (χ4n) is 2.40. The number of fused-ring (bicyclic) bond motifs is 1. The van der Waals surface area contributed by atoms with Crippen LogP contribution in [0, 0.1) is 11.6 Å². The summed E-state index contributed by atoms with van der Waals surface area (Å²) in [5.74, 6) is -4.24. The molecule has 0 amide bonds. The predicted molar refractivity (Wildman–Crippen MR) is 72.2 cm³/mol. The molecule has 3 rings (SSSR count). The molecule has 1 fully saturated rings. The van der Waals surface area contributed by atoms with Crippen LogP contribution in [0.5, 0.6) is 0 Å². The molecule has 0 spiro atoms. The zero-order valence-corrected chi connectivity index (χ0v) is 10.7. The minimum Gasteiger partial charge on any atom is -0.477 e. The van der Waals surface area contributed by atoms with Crippen molar-refractivity contribution in [3.05, 3.63) is 33.6 Å². The molecule has 1 aromatic carbocycles. The SMILES string of the molecule is Nc1c(F)c(F)c(N)c2c1c(=O)c(C(=O)O)cn2C1CC1. The number of benzene rings is 1. The molecule has 0 unspecified atom stereocenters. The largest absolute Gasteiger partial charge is 0.477 e. The van der Waals surface area contributed by atoms with Crippen LogP contribution in [0.4, 0.5) is 20.2 Å². The number of nitrogen functional groups attached to an aromatic ring is 2. The summed E-state index contributed by atoms with van der Waals surface area (Å²) in [6.45, 7) is 0. The van der Waals surface area contributed by atoms with Gasteiger partial charge in [-0.25, -0.2) is 13.6 Å². The third-order valence-electron chi connectivity index (χ3n) is 3.60. The number of rotatable bonds is 2. The molecule has 21 heavy (non-hydrogen) atoms. The first-order valence-electron chi connectivity index (χ1n) is 6.18. The van der Waals surface area contributed by atoms with E-state index >= 15 is 0 Å². The van der Waals surface area contributed by atoms with E-state index in [1.54, 1.807) is 0 Å². The number of nitrogens with two attached hydrogens (primary N) is 2. The first kappa shape index (κ1) is 13.3. The molecule has 2 aromatic rings. The first-order chi connectivity index (χ1) is 9.84. The van der Waals surface area contributed by atoms with Crippen LogP contribution in [0.15, 0.2) is 11.0 Å². The fraction of sp³-hybridized carbons (Fsp3) is 0.231. The molecular formula is C13H11F2N3O3. The van der Waals surface area contributed by atoms with E-state index in [9.17, 15) is 18.4 Å². The van der Waals surface area contributed by atoms with Gasteiger partial charge in [-0.05, 0) is 12.8 Å². The number of carboxylic acids is 1. The Labute approximate surface area is 116 Å². The van der Waals surface area contributed by atoms with Crippen LogP contribution in [0.3, 0.4) is 0 Å². The van der Waals surface area contributed by atoms with Gasteiger partial charge < -0.3 is 21.1 Å². The summed E-state index contributed by atoms with van der Waals surface area (Å²) in [5.41, 5.74) is 8.20. The van der Waals surface area contributed by atoms with Crippen LogP contribution in [-0.2, 0) is 0 Å². The maximum Gasteiger partial charge on any atom is 0.341 e. The number of halogens is 2. The topological polar surface area (TPSA) is 111 Å². The van der Waals surface area contributed by atoms with E-state index in [4.69, 9.17) is 16.6 Å². The highest BCUT2D eigenvalue weighted by Gasteiger charge is 2.30. The van der Waals surface area contributed by atoms with E-state index in [2.05, 4.69) is 0 Å². The Balaban J connectivity index is 2.59. The van der Waals surface area contributed by atoms with Gasteiger partial charge in [-0.1, -0.05) is 0 Å². The van der Waals surface area contributed by atoms with Crippen molar-refractivity contribution in [2.24, 2.45) is 0 Å². The van der Waals surface area contributed by atoms with E-state index < -0.39 is 45.4 Å². The van der Waals surface area contributed by atoms with Crippen LogP contribution < -0.4 is 16.9 Å². The summed E-state index contributed by atoms with van der Waals surface area (Å²) in [7, 11) is 0. The number of aromatic nitrogens is 1. The lowest BCUT2D eigenvalue weighted by Crippen LogP contribution is -2.21. The molecule has 8 heteroatoms.